The van der Waals surface area contributed by atoms with Crippen molar-refractivity contribution < 1.29 is 19.4 Å². The van der Waals surface area contributed by atoms with Crippen LogP contribution in [0.15, 0.2) is 40.3 Å². The molecule has 1 fully saturated rings. The molecule has 0 aliphatic heterocycles. The van der Waals surface area contributed by atoms with Crippen molar-refractivity contribution in [3.05, 3.63) is 52.8 Å². The van der Waals surface area contributed by atoms with Gasteiger partial charge in [-0.2, -0.15) is 0 Å². The standard InChI is InChI=1S/C20H18FNO3S/c1-10-9-15-16(11(2)18(10)23)17(20(24)25)19(22(15)13-5-6-13)26-14-7-3-12(21)4-8-14/h3-4,7-9,13,23H,5-6H2,1-2H3,(H,24,25). The highest BCUT2D eigenvalue weighted by molar-refractivity contribution is 7.99. The number of aryl methyl sites for hydroxylation is 2. The molecule has 0 bridgehead atoms. The second-order valence-corrected chi connectivity index (χ2v) is 7.77. The average molecular weight is 371 g/mol. The van der Waals surface area contributed by atoms with E-state index in [1.54, 1.807) is 19.1 Å². The number of halogens is 1. The molecular weight excluding hydrogens is 353 g/mol. The lowest BCUT2D eigenvalue weighted by molar-refractivity contribution is 0.0694. The molecule has 134 valence electrons. The van der Waals surface area contributed by atoms with E-state index in [1.807, 2.05) is 13.0 Å². The van der Waals surface area contributed by atoms with Crippen molar-refractivity contribution in [3.63, 3.8) is 0 Å². The van der Waals surface area contributed by atoms with Crippen LogP contribution < -0.4 is 0 Å². The summed E-state index contributed by atoms with van der Waals surface area (Å²) >= 11 is 1.33. The second-order valence-electron chi connectivity index (χ2n) is 6.70. The van der Waals surface area contributed by atoms with Gasteiger partial charge in [0, 0.05) is 21.9 Å². The molecular formula is C20H18FNO3S. The molecule has 1 aliphatic rings. The fraction of sp³-hybridized carbons (Fsp3) is 0.250. The fourth-order valence-corrected chi connectivity index (χ4v) is 4.53. The lowest BCUT2D eigenvalue weighted by Gasteiger charge is -2.11. The van der Waals surface area contributed by atoms with Crippen LogP contribution in [0.4, 0.5) is 4.39 Å². The summed E-state index contributed by atoms with van der Waals surface area (Å²) in [5.41, 5.74) is 2.35. The van der Waals surface area contributed by atoms with E-state index in [-0.39, 0.29) is 23.2 Å². The minimum Gasteiger partial charge on any atom is -0.507 e. The largest absolute Gasteiger partial charge is 0.507 e. The number of hydrogen-bond donors (Lipinski definition) is 2. The van der Waals surface area contributed by atoms with Crippen molar-refractivity contribution in [2.75, 3.05) is 0 Å². The van der Waals surface area contributed by atoms with Gasteiger partial charge in [0.2, 0.25) is 0 Å². The SMILES string of the molecule is Cc1cc2c(c(C)c1O)c(C(=O)O)c(Sc1ccc(F)cc1)n2C1CC1. The Morgan fingerprint density at radius 3 is 2.46 bits per heavy atom. The number of nitrogens with zero attached hydrogens (tertiary/aromatic N) is 1. The maximum absolute atomic E-state index is 13.2. The maximum Gasteiger partial charge on any atom is 0.339 e. The van der Waals surface area contributed by atoms with Gasteiger partial charge >= 0.3 is 5.97 Å². The Kier molecular flexibility index (Phi) is 3.95. The van der Waals surface area contributed by atoms with Gasteiger partial charge in [0.05, 0.1) is 16.1 Å². The summed E-state index contributed by atoms with van der Waals surface area (Å²) in [6, 6.07) is 8.16. The van der Waals surface area contributed by atoms with Crippen LogP contribution in [-0.4, -0.2) is 20.7 Å². The van der Waals surface area contributed by atoms with Crippen molar-refractivity contribution in [2.24, 2.45) is 0 Å². The molecule has 1 saturated carbocycles. The summed E-state index contributed by atoms with van der Waals surface area (Å²) in [7, 11) is 0. The number of benzene rings is 2. The maximum atomic E-state index is 13.2. The van der Waals surface area contributed by atoms with Crippen LogP contribution in [0, 0.1) is 19.7 Å². The Balaban J connectivity index is 2.02. The van der Waals surface area contributed by atoms with Crippen LogP contribution in [0.3, 0.4) is 0 Å². The molecule has 2 aromatic carbocycles. The zero-order valence-corrected chi connectivity index (χ0v) is 15.2. The zero-order chi connectivity index (χ0) is 18.6. The summed E-state index contributed by atoms with van der Waals surface area (Å²) < 4.78 is 15.3. The number of rotatable bonds is 4. The van der Waals surface area contributed by atoms with E-state index in [0.29, 0.717) is 16.0 Å². The van der Waals surface area contributed by atoms with E-state index in [0.717, 1.165) is 28.8 Å². The van der Waals surface area contributed by atoms with Crippen LogP contribution in [-0.2, 0) is 0 Å². The first-order valence-electron chi connectivity index (χ1n) is 8.42. The van der Waals surface area contributed by atoms with Crippen molar-refractivity contribution in [2.45, 2.75) is 42.7 Å². The normalized spacial score (nSPS) is 14.1. The molecule has 1 heterocycles. The Labute approximate surface area is 154 Å². The minimum atomic E-state index is -1.02. The third kappa shape index (κ3) is 2.65. The fourth-order valence-electron chi connectivity index (χ4n) is 3.40. The Morgan fingerprint density at radius 1 is 1.23 bits per heavy atom. The van der Waals surface area contributed by atoms with Gasteiger partial charge < -0.3 is 14.8 Å². The van der Waals surface area contributed by atoms with Crippen LogP contribution in [0.5, 0.6) is 5.75 Å². The molecule has 0 spiro atoms. The molecule has 26 heavy (non-hydrogen) atoms. The first kappa shape index (κ1) is 17.0. The first-order valence-corrected chi connectivity index (χ1v) is 9.24. The van der Waals surface area contributed by atoms with Gasteiger partial charge in [0.15, 0.2) is 0 Å². The summed E-state index contributed by atoms with van der Waals surface area (Å²) in [6.07, 6.45) is 2.00. The highest BCUT2D eigenvalue weighted by Gasteiger charge is 2.33. The topological polar surface area (TPSA) is 62.5 Å². The lowest BCUT2D eigenvalue weighted by Crippen LogP contribution is -2.01. The Hall–Kier alpha value is -2.47. The zero-order valence-electron chi connectivity index (χ0n) is 14.4. The molecule has 6 heteroatoms. The molecule has 3 aromatic rings. The van der Waals surface area contributed by atoms with Crippen LogP contribution in [0.25, 0.3) is 10.9 Å². The number of carbonyl (C=O) groups is 1. The van der Waals surface area contributed by atoms with Gasteiger partial charge in [-0.3, -0.25) is 0 Å². The first-order chi connectivity index (χ1) is 12.4. The van der Waals surface area contributed by atoms with E-state index in [4.69, 9.17) is 0 Å². The van der Waals surface area contributed by atoms with Crippen molar-refractivity contribution in [1.82, 2.24) is 4.57 Å². The average Bonchev–Trinajstić information content (AvgIpc) is 3.37. The molecule has 0 radical (unpaired) electrons. The van der Waals surface area contributed by atoms with Crippen LogP contribution in [0.1, 0.15) is 40.4 Å². The monoisotopic (exact) mass is 371 g/mol. The predicted molar refractivity (Wildman–Crippen MR) is 98.8 cm³/mol. The lowest BCUT2D eigenvalue weighted by atomic mass is 10.0. The van der Waals surface area contributed by atoms with Crippen molar-refractivity contribution >= 4 is 28.6 Å². The third-order valence-corrected chi connectivity index (χ3v) is 5.91. The molecule has 0 saturated heterocycles. The minimum absolute atomic E-state index is 0.131. The Morgan fingerprint density at radius 2 is 1.88 bits per heavy atom. The molecule has 1 aliphatic carbocycles. The van der Waals surface area contributed by atoms with Gasteiger partial charge in [-0.1, -0.05) is 11.8 Å². The van der Waals surface area contributed by atoms with E-state index in [2.05, 4.69) is 4.57 Å². The number of fused-ring (bicyclic) bond motifs is 1. The Bertz CT molecular complexity index is 1040. The number of aromatic nitrogens is 1. The molecule has 2 N–H and O–H groups in total. The van der Waals surface area contributed by atoms with Gasteiger partial charge in [-0.05, 0) is 62.6 Å². The summed E-state index contributed by atoms with van der Waals surface area (Å²) in [5, 5.41) is 21.5. The van der Waals surface area contributed by atoms with Gasteiger partial charge in [0.25, 0.3) is 0 Å². The van der Waals surface area contributed by atoms with E-state index >= 15 is 0 Å². The summed E-state index contributed by atoms with van der Waals surface area (Å²) in [5.74, 6) is -1.22. The van der Waals surface area contributed by atoms with E-state index < -0.39 is 5.97 Å². The number of aromatic hydroxyl groups is 1. The van der Waals surface area contributed by atoms with Gasteiger partial charge in [-0.15, -0.1) is 0 Å². The van der Waals surface area contributed by atoms with E-state index in [1.165, 1.54) is 23.9 Å². The second kappa shape index (κ2) is 6.06. The van der Waals surface area contributed by atoms with Crippen molar-refractivity contribution in [3.8, 4) is 5.75 Å². The van der Waals surface area contributed by atoms with Gasteiger partial charge in [-0.25, -0.2) is 9.18 Å². The van der Waals surface area contributed by atoms with Crippen LogP contribution in [0.2, 0.25) is 0 Å². The van der Waals surface area contributed by atoms with Crippen LogP contribution >= 0.6 is 11.8 Å². The summed E-state index contributed by atoms with van der Waals surface area (Å²) in [6.45, 7) is 3.57. The summed E-state index contributed by atoms with van der Waals surface area (Å²) in [4.78, 5) is 12.9. The number of carboxylic acids is 1. The number of phenols is 1. The molecule has 1 aromatic heterocycles. The van der Waals surface area contributed by atoms with E-state index in [9.17, 15) is 19.4 Å². The number of carboxylic acid groups (broad SMARTS) is 1. The molecule has 0 atom stereocenters. The molecule has 0 unspecified atom stereocenters. The van der Waals surface area contributed by atoms with Crippen molar-refractivity contribution in [1.29, 1.82) is 0 Å². The quantitative estimate of drug-likeness (QED) is 0.654. The number of phenolic OH excluding ortho intramolecular Hbond substituents is 1. The molecule has 0 amide bonds. The third-order valence-electron chi connectivity index (χ3n) is 4.81. The molecule has 4 rings (SSSR count). The highest BCUT2D eigenvalue weighted by atomic mass is 32.2. The van der Waals surface area contributed by atoms with Gasteiger partial charge in [0.1, 0.15) is 11.6 Å². The number of aromatic carboxylic acids is 1. The highest BCUT2D eigenvalue weighted by Crippen LogP contribution is 2.48. The molecule has 4 nitrogen and oxygen atoms in total. The number of hydrogen-bond acceptors (Lipinski definition) is 3. The smallest absolute Gasteiger partial charge is 0.339 e. The predicted octanol–water partition coefficient (Wildman–Crippen LogP) is 5.29.